The molecule has 0 saturated carbocycles. The zero-order valence-corrected chi connectivity index (χ0v) is 11.0. The largest absolute Gasteiger partial charge is 0.356 e. The van der Waals surface area contributed by atoms with E-state index in [4.69, 9.17) is 10.4 Å². The second kappa shape index (κ2) is 4.77. The van der Waals surface area contributed by atoms with Gasteiger partial charge < -0.3 is 10.4 Å². The molecule has 96 valence electrons. The van der Waals surface area contributed by atoms with E-state index >= 15 is 0 Å². The van der Waals surface area contributed by atoms with Gasteiger partial charge in [-0.25, -0.2) is 4.68 Å². The fraction of sp³-hybridized carbons (Fsp3) is 0.0833. The van der Waals surface area contributed by atoms with Gasteiger partial charge in [-0.15, -0.1) is 10.2 Å². The summed E-state index contributed by atoms with van der Waals surface area (Å²) in [6.07, 6.45) is 1.88. The van der Waals surface area contributed by atoms with Crippen molar-refractivity contribution in [2.75, 3.05) is 12.1 Å². The summed E-state index contributed by atoms with van der Waals surface area (Å²) in [7, 11) is 0. The average Bonchev–Trinajstić information content (AvgIpc) is 3.06. The Morgan fingerprint density at radius 3 is 2.68 bits per heavy atom. The third-order valence-electron chi connectivity index (χ3n) is 2.64. The third-order valence-corrected chi connectivity index (χ3v) is 3.29. The highest BCUT2D eigenvalue weighted by atomic mass is 32.2. The summed E-state index contributed by atoms with van der Waals surface area (Å²) < 4.78 is 6.71. The van der Waals surface area contributed by atoms with Crippen molar-refractivity contribution in [2.24, 2.45) is 0 Å². The molecule has 0 aliphatic heterocycles. The molecular weight excluding hydrogens is 262 g/mol. The number of nitrogens with zero attached hydrogens (tertiary/aromatic N) is 4. The smallest absolute Gasteiger partial charge is 0.209 e. The van der Waals surface area contributed by atoms with Crippen molar-refractivity contribution >= 4 is 11.8 Å². The first-order chi connectivity index (χ1) is 9.29. The molecule has 19 heavy (non-hydrogen) atoms. The van der Waals surface area contributed by atoms with Gasteiger partial charge in [0.25, 0.3) is 0 Å². The molecule has 0 radical (unpaired) electrons. The van der Waals surface area contributed by atoms with Crippen LogP contribution in [0.25, 0.3) is 22.8 Å². The average molecular weight is 273 g/mol. The van der Waals surface area contributed by atoms with Gasteiger partial charge >= 0.3 is 0 Å². The molecule has 0 unspecified atom stereocenters. The zero-order chi connectivity index (χ0) is 13.2. The topological polar surface area (TPSA) is 82.8 Å². The number of hydrogen-bond acceptors (Lipinski definition) is 6. The van der Waals surface area contributed by atoms with E-state index in [1.165, 1.54) is 16.4 Å². The van der Waals surface area contributed by atoms with E-state index < -0.39 is 0 Å². The molecule has 2 aromatic heterocycles. The van der Waals surface area contributed by atoms with E-state index in [1.807, 2.05) is 36.6 Å². The fourth-order valence-electron chi connectivity index (χ4n) is 1.71. The maximum Gasteiger partial charge on any atom is 0.209 e. The molecular formula is C12H11N5OS. The summed E-state index contributed by atoms with van der Waals surface area (Å²) in [6, 6.07) is 11.5. The minimum atomic E-state index is 0.482. The lowest BCUT2D eigenvalue weighted by molar-refractivity contribution is 0.434. The van der Waals surface area contributed by atoms with Gasteiger partial charge in [0, 0.05) is 11.6 Å². The quantitative estimate of drug-likeness (QED) is 0.581. The monoisotopic (exact) mass is 273 g/mol. The van der Waals surface area contributed by atoms with E-state index in [2.05, 4.69) is 15.4 Å². The SMILES string of the molecule is CSc1nnc(-c2cc(-c3ccccc3)on2)n1N. The van der Waals surface area contributed by atoms with E-state index in [0.717, 1.165) is 5.56 Å². The fourth-order valence-corrected chi connectivity index (χ4v) is 2.12. The zero-order valence-electron chi connectivity index (χ0n) is 10.1. The summed E-state index contributed by atoms with van der Waals surface area (Å²) in [4.78, 5) is 0. The first kappa shape index (κ1) is 11.8. The summed E-state index contributed by atoms with van der Waals surface area (Å²) in [6.45, 7) is 0. The van der Waals surface area contributed by atoms with Crippen LogP contribution >= 0.6 is 11.8 Å². The van der Waals surface area contributed by atoms with Crippen molar-refractivity contribution in [3.8, 4) is 22.8 Å². The Morgan fingerprint density at radius 2 is 2.00 bits per heavy atom. The molecule has 0 atom stereocenters. The van der Waals surface area contributed by atoms with Gasteiger partial charge in [0.2, 0.25) is 11.0 Å². The van der Waals surface area contributed by atoms with Crippen LogP contribution in [0.2, 0.25) is 0 Å². The molecule has 0 aliphatic rings. The predicted molar refractivity (Wildman–Crippen MR) is 72.9 cm³/mol. The highest BCUT2D eigenvalue weighted by Crippen LogP contribution is 2.25. The minimum Gasteiger partial charge on any atom is -0.356 e. The van der Waals surface area contributed by atoms with Crippen molar-refractivity contribution < 1.29 is 4.52 Å². The van der Waals surface area contributed by atoms with E-state index in [1.54, 1.807) is 6.07 Å². The maximum absolute atomic E-state index is 5.88. The lowest BCUT2D eigenvalue weighted by atomic mass is 10.1. The van der Waals surface area contributed by atoms with Crippen LogP contribution in [0.1, 0.15) is 0 Å². The summed E-state index contributed by atoms with van der Waals surface area (Å²) in [5.74, 6) is 7.04. The molecule has 0 saturated heterocycles. The minimum absolute atomic E-state index is 0.482. The molecule has 3 rings (SSSR count). The Bertz CT molecular complexity index is 691. The predicted octanol–water partition coefficient (Wildman–Crippen LogP) is 2.04. The van der Waals surface area contributed by atoms with Gasteiger partial charge in [-0.2, -0.15) is 0 Å². The number of rotatable bonds is 3. The Kier molecular flexibility index (Phi) is 2.96. The summed E-state index contributed by atoms with van der Waals surface area (Å²) in [5, 5.41) is 12.6. The second-order valence-corrected chi connectivity index (χ2v) is 4.60. The summed E-state index contributed by atoms with van der Waals surface area (Å²) >= 11 is 1.42. The normalized spacial score (nSPS) is 10.8. The highest BCUT2D eigenvalue weighted by molar-refractivity contribution is 7.98. The van der Waals surface area contributed by atoms with Crippen LogP contribution in [-0.4, -0.2) is 26.3 Å². The number of hydrogen-bond donors (Lipinski definition) is 1. The van der Waals surface area contributed by atoms with Crippen molar-refractivity contribution in [1.82, 2.24) is 20.0 Å². The van der Waals surface area contributed by atoms with Gasteiger partial charge in [-0.1, -0.05) is 47.3 Å². The molecule has 1 aromatic carbocycles. The van der Waals surface area contributed by atoms with Crippen molar-refractivity contribution in [3.63, 3.8) is 0 Å². The Labute approximate surface area is 113 Å². The maximum atomic E-state index is 5.88. The van der Waals surface area contributed by atoms with Crippen LogP contribution in [0.4, 0.5) is 0 Å². The highest BCUT2D eigenvalue weighted by Gasteiger charge is 2.15. The number of thioether (sulfide) groups is 1. The number of benzene rings is 1. The van der Waals surface area contributed by atoms with Crippen LogP contribution < -0.4 is 5.84 Å². The van der Waals surface area contributed by atoms with E-state index in [0.29, 0.717) is 22.4 Å². The van der Waals surface area contributed by atoms with Crippen molar-refractivity contribution in [2.45, 2.75) is 5.16 Å². The van der Waals surface area contributed by atoms with Crippen LogP contribution in [0.3, 0.4) is 0 Å². The van der Waals surface area contributed by atoms with Crippen LogP contribution in [0.5, 0.6) is 0 Å². The second-order valence-electron chi connectivity index (χ2n) is 3.82. The molecule has 7 heteroatoms. The lowest BCUT2D eigenvalue weighted by Gasteiger charge is -1.97. The number of nitrogen functional groups attached to an aromatic ring is 1. The molecule has 0 fully saturated rings. The third kappa shape index (κ3) is 2.08. The summed E-state index contributed by atoms with van der Waals surface area (Å²) in [5.41, 5.74) is 1.52. The molecule has 0 bridgehead atoms. The first-order valence-corrected chi connectivity index (χ1v) is 6.79. The molecule has 2 heterocycles. The van der Waals surface area contributed by atoms with Gasteiger partial charge in [-0.3, -0.25) is 0 Å². The van der Waals surface area contributed by atoms with Gasteiger partial charge in [0.05, 0.1) is 0 Å². The molecule has 0 spiro atoms. The molecule has 3 aromatic rings. The standard InChI is InChI=1S/C12H11N5OS/c1-19-12-15-14-11(17(12)13)9-7-10(18-16-9)8-5-3-2-4-6-8/h2-7H,13H2,1H3. The Morgan fingerprint density at radius 1 is 1.21 bits per heavy atom. The number of aromatic nitrogens is 4. The first-order valence-electron chi connectivity index (χ1n) is 5.56. The van der Waals surface area contributed by atoms with E-state index in [-0.39, 0.29) is 0 Å². The molecule has 2 N–H and O–H groups in total. The van der Waals surface area contributed by atoms with Crippen LogP contribution in [0, 0.1) is 0 Å². The molecule has 0 amide bonds. The van der Waals surface area contributed by atoms with Crippen molar-refractivity contribution in [1.29, 1.82) is 0 Å². The molecule has 6 nitrogen and oxygen atoms in total. The van der Waals surface area contributed by atoms with Gasteiger partial charge in [0.15, 0.2) is 11.5 Å². The van der Waals surface area contributed by atoms with E-state index in [9.17, 15) is 0 Å². The van der Waals surface area contributed by atoms with Crippen LogP contribution in [0.15, 0.2) is 46.1 Å². The Balaban J connectivity index is 1.99. The number of nitrogens with two attached hydrogens (primary N) is 1. The van der Waals surface area contributed by atoms with Crippen molar-refractivity contribution in [3.05, 3.63) is 36.4 Å². The van der Waals surface area contributed by atoms with Crippen LogP contribution in [-0.2, 0) is 0 Å². The van der Waals surface area contributed by atoms with Gasteiger partial charge in [-0.05, 0) is 6.26 Å². The Hall–Kier alpha value is -2.28. The molecule has 0 aliphatic carbocycles. The lowest BCUT2D eigenvalue weighted by Crippen LogP contribution is -2.11. The van der Waals surface area contributed by atoms with Gasteiger partial charge in [0.1, 0.15) is 0 Å².